The van der Waals surface area contributed by atoms with Crippen molar-refractivity contribution in [1.82, 2.24) is 5.32 Å². The maximum Gasteiger partial charge on any atom is 0.302 e. The van der Waals surface area contributed by atoms with Crippen LogP contribution in [0.3, 0.4) is 0 Å². The summed E-state index contributed by atoms with van der Waals surface area (Å²) in [4.78, 5) is 25.5. The fourth-order valence-corrected chi connectivity index (χ4v) is 5.25. The highest BCUT2D eigenvalue weighted by molar-refractivity contribution is 5.95. The van der Waals surface area contributed by atoms with Gasteiger partial charge < -0.3 is 31.0 Å². The topological polar surface area (TPSA) is 126 Å². The van der Waals surface area contributed by atoms with Crippen molar-refractivity contribution in [2.24, 2.45) is 17.4 Å². The number of benzene rings is 4. The Bertz CT molecular complexity index is 1520. The van der Waals surface area contributed by atoms with Gasteiger partial charge in [-0.05, 0) is 71.3 Å². The molecule has 8 heteroatoms. The minimum atomic E-state index is -0.600. The predicted octanol–water partition coefficient (Wildman–Crippen LogP) is 5.44. The van der Waals surface area contributed by atoms with Crippen LogP contribution in [0.4, 0.5) is 0 Å². The van der Waals surface area contributed by atoms with Crippen LogP contribution in [0.25, 0.3) is 11.1 Å². The van der Waals surface area contributed by atoms with Gasteiger partial charge in [-0.2, -0.15) is 0 Å². The Kier molecular flexibility index (Phi) is 11.5. The molecular weight excluding hydrogens is 554 g/mol. The maximum absolute atomic E-state index is 13.6. The lowest BCUT2D eigenvalue weighted by Gasteiger charge is -2.28. The number of nitrogens with two attached hydrogens (primary N) is 2. The average molecular weight is 596 g/mol. The van der Waals surface area contributed by atoms with Gasteiger partial charge in [0, 0.05) is 24.4 Å². The average Bonchev–Trinajstić information content (AvgIpc) is 3.05. The molecule has 8 nitrogen and oxygen atoms in total. The first-order valence-corrected chi connectivity index (χ1v) is 14.7. The Morgan fingerprint density at radius 1 is 0.773 bits per heavy atom. The van der Waals surface area contributed by atoms with Gasteiger partial charge in [0.15, 0.2) is 11.5 Å². The summed E-state index contributed by atoms with van der Waals surface area (Å²) in [5.74, 6) is 0.515. The first kappa shape index (κ1) is 32.3. The second-order valence-corrected chi connectivity index (χ2v) is 10.8. The highest BCUT2D eigenvalue weighted by atomic mass is 16.5. The molecule has 0 spiro atoms. The second-order valence-electron chi connectivity index (χ2n) is 10.8. The van der Waals surface area contributed by atoms with Gasteiger partial charge in [0.2, 0.25) is 0 Å². The summed E-state index contributed by atoms with van der Waals surface area (Å²) < 4.78 is 16.3. The van der Waals surface area contributed by atoms with E-state index >= 15 is 0 Å². The molecule has 0 saturated carbocycles. The first-order valence-electron chi connectivity index (χ1n) is 14.7. The molecule has 1 amide bonds. The van der Waals surface area contributed by atoms with Gasteiger partial charge in [-0.3, -0.25) is 9.59 Å². The van der Waals surface area contributed by atoms with Crippen LogP contribution >= 0.6 is 0 Å². The van der Waals surface area contributed by atoms with Crippen molar-refractivity contribution in [3.63, 3.8) is 0 Å². The standard InChI is InChI=1S/C36H41N3O5/c1-24(40)44-23-31(21-26-10-7-11-30(20-26)35(37)38)32(18-12-25-8-5-4-6-9-25)39-36(41)28-15-13-27(14-16-28)29-17-19-33(42-2)34(22-29)43-3/h4-11,13-17,19-20,22,31-32,35H,12,18,21,23,37-38H2,1-3H3,(H,39,41). The lowest BCUT2D eigenvalue weighted by atomic mass is 9.88. The molecule has 0 fully saturated rings. The molecule has 0 heterocycles. The van der Waals surface area contributed by atoms with Gasteiger partial charge in [0.1, 0.15) is 0 Å². The Hall–Kier alpha value is -4.66. The Morgan fingerprint density at radius 2 is 1.45 bits per heavy atom. The number of hydrogen-bond acceptors (Lipinski definition) is 7. The van der Waals surface area contributed by atoms with Gasteiger partial charge in [-0.1, -0.05) is 72.8 Å². The van der Waals surface area contributed by atoms with E-state index in [0.29, 0.717) is 29.9 Å². The number of aryl methyl sites for hydroxylation is 1. The van der Waals surface area contributed by atoms with Gasteiger partial charge in [0.05, 0.1) is 27.0 Å². The van der Waals surface area contributed by atoms with Gasteiger partial charge in [-0.15, -0.1) is 0 Å². The van der Waals surface area contributed by atoms with Crippen LogP contribution in [-0.2, 0) is 22.4 Å². The van der Waals surface area contributed by atoms with E-state index in [-0.39, 0.29) is 30.4 Å². The van der Waals surface area contributed by atoms with Crippen molar-refractivity contribution in [2.45, 2.75) is 38.4 Å². The summed E-state index contributed by atoms with van der Waals surface area (Å²) >= 11 is 0. The number of ether oxygens (including phenoxy) is 3. The first-order chi connectivity index (χ1) is 21.3. The number of amides is 1. The predicted molar refractivity (Wildman–Crippen MR) is 172 cm³/mol. The Balaban J connectivity index is 1.58. The highest BCUT2D eigenvalue weighted by Gasteiger charge is 2.26. The molecule has 230 valence electrons. The van der Waals surface area contributed by atoms with Crippen LogP contribution in [0.15, 0.2) is 97.1 Å². The van der Waals surface area contributed by atoms with E-state index in [2.05, 4.69) is 17.4 Å². The largest absolute Gasteiger partial charge is 0.493 e. The minimum Gasteiger partial charge on any atom is -0.493 e. The quantitative estimate of drug-likeness (QED) is 0.131. The zero-order valence-electron chi connectivity index (χ0n) is 25.5. The molecule has 2 atom stereocenters. The number of carbonyl (C=O) groups excluding carboxylic acids is 2. The third kappa shape index (κ3) is 8.92. The molecule has 0 aromatic heterocycles. The molecule has 4 aromatic rings. The number of nitrogens with one attached hydrogen (secondary N) is 1. The molecule has 4 aromatic carbocycles. The fourth-order valence-electron chi connectivity index (χ4n) is 5.25. The zero-order chi connectivity index (χ0) is 31.5. The molecule has 4 rings (SSSR count). The third-order valence-corrected chi connectivity index (χ3v) is 7.67. The number of methoxy groups -OCH3 is 2. The van der Waals surface area contributed by atoms with Gasteiger partial charge in [-0.25, -0.2) is 0 Å². The van der Waals surface area contributed by atoms with E-state index in [1.807, 2.05) is 84.9 Å². The van der Waals surface area contributed by atoms with Gasteiger partial charge >= 0.3 is 5.97 Å². The van der Waals surface area contributed by atoms with Crippen LogP contribution in [0, 0.1) is 5.92 Å². The van der Waals surface area contributed by atoms with Crippen LogP contribution < -0.4 is 26.3 Å². The van der Waals surface area contributed by atoms with Crippen molar-refractivity contribution in [2.75, 3.05) is 20.8 Å². The lowest BCUT2D eigenvalue weighted by Crippen LogP contribution is -2.43. The summed E-state index contributed by atoms with van der Waals surface area (Å²) in [6.07, 6.45) is 1.36. The molecular formula is C36H41N3O5. The molecule has 0 aliphatic heterocycles. The third-order valence-electron chi connectivity index (χ3n) is 7.67. The number of hydrogen-bond donors (Lipinski definition) is 3. The summed E-state index contributed by atoms with van der Waals surface area (Å²) in [6.45, 7) is 1.55. The maximum atomic E-state index is 13.6. The summed E-state index contributed by atoms with van der Waals surface area (Å²) in [6, 6.07) is 30.7. The van der Waals surface area contributed by atoms with Crippen LogP contribution in [0.1, 0.15) is 46.6 Å². The molecule has 5 N–H and O–H groups in total. The molecule has 0 radical (unpaired) electrons. The summed E-state index contributed by atoms with van der Waals surface area (Å²) in [5, 5.41) is 3.26. The molecule has 44 heavy (non-hydrogen) atoms. The summed E-state index contributed by atoms with van der Waals surface area (Å²) in [5.41, 5.74) is 17.2. The van der Waals surface area contributed by atoms with E-state index in [0.717, 1.165) is 34.2 Å². The van der Waals surface area contributed by atoms with Crippen LogP contribution in [-0.4, -0.2) is 38.7 Å². The second kappa shape index (κ2) is 15.7. The fraction of sp³-hybridized carbons (Fsp3) is 0.278. The molecule has 0 aliphatic carbocycles. The Labute approximate surface area is 259 Å². The van der Waals surface area contributed by atoms with E-state index < -0.39 is 6.17 Å². The monoisotopic (exact) mass is 595 g/mol. The zero-order valence-corrected chi connectivity index (χ0v) is 25.5. The molecule has 0 aliphatic rings. The van der Waals surface area contributed by atoms with E-state index in [4.69, 9.17) is 25.7 Å². The van der Waals surface area contributed by atoms with Crippen LogP contribution in [0.2, 0.25) is 0 Å². The number of carbonyl (C=O) groups is 2. The summed E-state index contributed by atoms with van der Waals surface area (Å²) in [7, 11) is 3.20. The van der Waals surface area contributed by atoms with Gasteiger partial charge in [0.25, 0.3) is 5.91 Å². The van der Waals surface area contributed by atoms with E-state index in [9.17, 15) is 9.59 Å². The molecule has 2 unspecified atom stereocenters. The molecule has 0 bridgehead atoms. The lowest BCUT2D eigenvalue weighted by molar-refractivity contribution is -0.142. The SMILES string of the molecule is COc1ccc(-c2ccc(C(=O)NC(CCc3ccccc3)C(COC(C)=O)Cc3cccc(C(N)N)c3)cc2)cc1OC. The number of esters is 1. The normalized spacial score (nSPS) is 12.3. The van der Waals surface area contributed by atoms with Crippen molar-refractivity contribution in [1.29, 1.82) is 0 Å². The highest BCUT2D eigenvalue weighted by Crippen LogP contribution is 2.32. The smallest absolute Gasteiger partial charge is 0.302 e. The minimum absolute atomic E-state index is 0.159. The van der Waals surface area contributed by atoms with Crippen molar-refractivity contribution < 1.29 is 23.8 Å². The Morgan fingerprint density at radius 3 is 2.11 bits per heavy atom. The van der Waals surface area contributed by atoms with Crippen molar-refractivity contribution in [3.8, 4) is 22.6 Å². The number of rotatable bonds is 14. The molecule has 0 saturated heterocycles. The van der Waals surface area contributed by atoms with Crippen molar-refractivity contribution >= 4 is 11.9 Å². The van der Waals surface area contributed by atoms with Crippen LogP contribution in [0.5, 0.6) is 11.5 Å². The van der Waals surface area contributed by atoms with Crippen molar-refractivity contribution in [3.05, 3.63) is 119 Å². The van der Waals surface area contributed by atoms with E-state index in [1.54, 1.807) is 14.2 Å². The van der Waals surface area contributed by atoms with E-state index in [1.165, 1.54) is 6.92 Å².